The van der Waals surface area contributed by atoms with Gasteiger partial charge in [0.15, 0.2) is 0 Å². The quantitative estimate of drug-likeness (QED) is 0.904. The Hall–Kier alpha value is -1.98. The Labute approximate surface area is 114 Å². The molecule has 1 aliphatic heterocycles. The van der Waals surface area contributed by atoms with Crippen molar-refractivity contribution in [3.05, 3.63) is 35.4 Å². The van der Waals surface area contributed by atoms with Gasteiger partial charge in [0.2, 0.25) is 11.8 Å². The van der Waals surface area contributed by atoms with Crippen LogP contribution in [0.2, 0.25) is 0 Å². The second kappa shape index (κ2) is 4.85. The van der Waals surface area contributed by atoms with Crippen LogP contribution in [0, 0.1) is 17.6 Å². The molecular weight excluding hydrogens is 266 g/mol. The average molecular weight is 280 g/mol. The average Bonchev–Trinajstić information content (AvgIpc) is 3.21. The maximum absolute atomic E-state index is 13.6. The Balaban J connectivity index is 1.78. The molecule has 1 heterocycles. The summed E-state index contributed by atoms with van der Waals surface area (Å²) in [6.07, 6.45) is 1.85. The van der Waals surface area contributed by atoms with Gasteiger partial charge in [-0.3, -0.25) is 9.59 Å². The van der Waals surface area contributed by atoms with Crippen LogP contribution < -0.4 is 5.32 Å². The number of benzene rings is 1. The van der Waals surface area contributed by atoms with Crippen molar-refractivity contribution in [2.45, 2.75) is 25.4 Å². The van der Waals surface area contributed by atoms with E-state index in [0.717, 1.165) is 25.0 Å². The monoisotopic (exact) mass is 280 g/mol. The van der Waals surface area contributed by atoms with Gasteiger partial charge in [-0.15, -0.1) is 0 Å². The molecule has 0 aromatic heterocycles. The minimum Gasteiger partial charge on any atom is -0.342 e. The maximum atomic E-state index is 13.6. The Morgan fingerprint density at radius 1 is 1.25 bits per heavy atom. The van der Waals surface area contributed by atoms with E-state index in [1.54, 1.807) is 0 Å². The molecule has 1 saturated carbocycles. The van der Waals surface area contributed by atoms with E-state index in [4.69, 9.17) is 0 Å². The first-order chi connectivity index (χ1) is 9.54. The number of hydrogen-bond donors (Lipinski definition) is 1. The van der Waals surface area contributed by atoms with Crippen molar-refractivity contribution < 1.29 is 18.4 Å². The van der Waals surface area contributed by atoms with Crippen molar-refractivity contribution in [2.24, 2.45) is 5.92 Å². The fraction of sp³-hybridized carbons (Fsp3) is 0.429. The third kappa shape index (κ3) is 2.50. The van der Waals surface area contributed by atoms with E-state index in [0.29, 0.717) is 0 Å². The lowest BCUT2D eigenvalue weighted by molar-refractivity contribution is -0.145. The fourth-order valence-electron chi connectivity index (χ4n) is 2.47. The second-order valence-corrected chi connectivity index (χ2v) is 5.31. The Kier molecular flexibility index (Phi) is 3.16. The SMILES string of the molecule is O=C1CN(Cc2ccc(F)cc2F)C(=O)C(C2CC2)N1. The molecule has 2 fully saturated rings. The van der Waals surface area contributed by atoms with E-state index >= 15 is 0 Å². The molecule has 0 radical (unpaired) electrons. The van der Waals surface area contributed by atoms with Gasteiger partial charge in [-0.25, -0.2) is 8.78 Å². The van der Waals surface area contributed by atoms with Crippen LogP contribution in [-0.4, -0.2) is 29.3 Å². The van der Waals surface area contributed by atoms with Gasteiger partial charge in [0.1, 0.15) is 17.7 Å². The summed E-state index contributed by atoms with van der Waals surface area (Å²) in [6.45, 7) is -0.0968. The van der Waals surface area contributed by atoms with E-state index in [2.05, 4.69) is 5.32 Å². The molecule has 20 heavy (non-hydrogen) atoms. The van der Waals surface area contributed by atoms with Crippen molar-refractivity contribution in [2.75, 3.05) is 6.54 Å². The molecule has 1 N–H and O–H groups in total. The highest BCUT2D eigenvalue weighted by Gasteiger charge is 2.42. The molecule has 3 rings (SSSR count). The Morgan fingerprint density at radius 3 is 2.65 bits per heavy atom. The molecule has 2 aliphatic rings. The van der Waals surface area contributed by atoms with Crippen LogP contribution >= 0.6 is 0 Å². The zero-order valence-electron chi connectivity index (χ0n) is 10.7. The number of carbonyl (C=O) groups is 2. The predicted octanol–water partition coefficient (Wildman–Crippen LogP) is 1.20. The molecule has 4 nitrogen and oxygen atoms in total. The van der Waals surface area contributed by atoms with E-state index in [-0.39, 0.29) is 36.4 Å². The van der Waals surface area contributed by atoms with Crippen LogP contribution in [0.1, 0.15) is 18.4 Å². The lowest BCUT2D eigenvalue weighted by atomic mass is 10.1. The summed E-state index contributed by atoms with van der Waals surface area (Å²) in [6, 6.07) is 2.74. The number of amides is 2. The minimum absolute atomic E-state index is 0.0123. The number of hydrogen-bond acceptors (Lipinski definition) is 2. The molecule has 1 aliphatic carbocycles. The van der Waals surface area contributed by atoms with Crippen LogP contribution in [-0.2, 0) is 16.1 Å². The van der Waals surface area contributed by atoms with Crippen LogP contribution in [0.5, 0.6) is 0 Å². The molecule has 1 saturated heterocycles. The van der Waals surface area contributed by atoms with Crippen molar-refractivity contribution in [3.63, 3.8) is 0 Å². The van der Waals surface area contributed by atoms with Crippen LogP contribution in [0.15, 0.2) is 18.2 Å². The molecule has 0 bridgehead atoms. The summed E-state index contributed by atoms with van der Waals surface area (Å²) in [5, 5.41) is 2.68. The van der Waals surface area contributed by atoms with Gasteiger partial charge >= 0.3 is 0 Å². The maximum Gasteiger partial charge on any atom is 0.246 e. The van der Waals surface area contributed by atoms with Crippen molar-refractivity contribution in [3.8, 4) is 0 Å². The highest BCUT2D eigenvalue weighted by Crippen LogP contribution is 2.34. The topological polar surface area (TPSA) is 49.4 Å². The number of piperazine rings is 1. The zero-order valence-corrected chi connectivity index (χ0v) is 10.7. The van der Waals surface area contributed by atoms with Gasteiger partial charge in [0, 0.05) is 18.2 Å². The molecule has 1 unspecified atom stereocenters. The minimum atomic E-state index is -0.702. The first-order valence-corrected chi connectivity index (χ1v) is 6.56. The number of nitrogens with one attached hydrogen (secondary N) is 1. The van der Waals surface area contributed by atoms with Gasteiger partial charge in [0.05, 0.1) is 6.54 Å². The molecule has 1 atom stereocenters. The largest absolute Gasteiger partial charge is 0.342 e. The molecule has 1 aromatic rings. The van der Waals surface area contributed by atoms with Crippen LogP contribution in [0.3, 0.4) is 0 Å². The third-order valence-electron chi connectivity index (χ3n) is 3.70. The van der Waals surface area contributed by atoms with E-state index in [1.807, 2.05) is 0 Å². The molecule has 106 valence electrons. The van der Waals surface area contributed by atoms with E-state index in [1.165, 1.54) is 11.0 Å². The number of carbonyl (C=O) groups excluding carboxylic acids is 2. The molecule has 0 spiro atoms. The predicted molar refractivity (Wildman–Crippen MR) is 66.4 cm³/mol. The zero-order chi connectivity index (χ0) is 14.3. The van der Waals surface area contributed by atoms with Gasteiger partial charge in [-0.1, -0.05) is 6.07 Å². The second-order valence-electron chi connectivity index (χ2n) is 5.31. The lowest BCUT2D eigenvalue weighted by Gasteiger charge is -2.32. The van der Waals surface area contributed by atoms with Gasteiger partial charge < -0.3 is 10.2 Å². The molecule has 1 aromatic carbocycles. The smallest absolute Gasteiger partial charge is 0.246 e. The summed E-state index contributed by atoms with van der Waals surface area (Å²) in [7, 11) is 0. The first kappa shape index (κ1) is 13.0. The highest BCUT2D eigenvalue weighted by atomic mass is 19.1. The number of halogens is 2. The summed E-state index contributed by atoms with van der Waals surface area (Å²) < 4.78 is 26.5. The lowest BCUT2D eigenvalue weighted by Crippen LogP contribution is -2.58. The summed E-state index contributed by atoms with van der Waals surface area (Å²) in [5.41, 5.74) is 0.212. The summed E-state index contributed by atoms with van der Waals surface area (Å²) >= 11 is 0. The highest BCUT2D eigenvalue weighted by molar-refractivity contribution is 5.95. The van der Waals surface area contributed by atoms with Crippen molar-refractivity contribution in [1.82, 2.24) is 10.2 Å². The third-order valence-corrected chi connectivity index (χ3v) is 3.70. The normalized spacial score (nSPS) is 22.9. The van der Waals surface area contributed by atoms with Gasteiger partial charge in [-0.2, -0.15) is 0 Å². The van der Waals surface area contributed by atoms with E-state index < -0.39 is 17.7 Å². The summed E-state index contributed by atoms with van der Waals surface area (Å²) in [5.74, 6) is -1.58. The van der Waals surface area contributed by atoms with Crippen molar-refractivity contribution in [1.29, 1.82) is 0 Å². The summed E-state index contributed by atoms with van der Waals surface area (Å²) in [4.78, 5) is 25.2. The Bertz CT molecular complexity index is 572. The van der Waals surface area contributed by atoms with Gasteiger partial charge in [-0.05, 0) is 24.8 Å². The van der Waals surface area contributed by atoms with Crippen molar-refractivity contribution >= 4 is 11.8 Å². The number of nitrogens with zero attached hydrogens (tertiary/aromatic N) is 1. The number of rotatable bonds is 3. The van der Waals surface area contributed by atoms with Gasteiger partial charge in [0.25, 0.3) is 0 Å². The fourth-order valence-corrected chi connectivity index (χ4v) is 2.47. The Morgan fingerprint density at radius 2 is 2.00 bits per heavy atom. The molecule has 2 amide bonds. The molecular formula is C14H14F2N2O2. The standard InChI is InChI=1S/C14H14F2N2O2/c15-10-4-3-9(11(16)5-10)6-18-7-12(19)17-13(14(18)20)8-1-2-8/h3-5,8,13H,1-2,6-7H2,(H,17,19). The molecule has 6 heteroatoms. The first-order valence-electron chi connectivity index (χ1n) is 6.56. The van der Waals surface area contributed by atoms with Crippen LogP contribution in [0.25, 0.3) is 0 Å². The van der Waals surface area contributed by atoms with E-state index in [9.17, 15) is 18.4 Å². The van der Waals surface area contributed by atoms with Crippen LogP contribution in [0.4, 0.5) is 8.78 Å².